The molecule has 1 aromatic rings. The summed E-state index contributed by atoms with van der Waals surface area (Å²) < 4.78 is 1.89. The maximum Gasteiger partial charge on any atom is 0.212 e. The Bertz CT molecular complexity index is 243. The van der Waals surface area contributed by atoms with Crippen LogP contribution in [0.3, 0.4) is 0 Å². The third kappa shape index (κ3) is 1.87. The molecular weight excluding hydrogens is 138 g/mol. The molecule has 1 atom stereocenters. The standard InChI is InChI=1S/C9H12NO/c1-8(9(2)11)10-6-4-3-5-7-10/h3-8H,1-2H3/q+1. The number of hydrogen-bond donors (Lipinski definition) is 0. The third-order valence-corrected chi connectivity index (χ3v) is 1.77. The van der Waals surface area contributed by atoms with E-state index in [1.165, 1.54) is 0 Å². The first kappa shape index (κ1) is 7.92. The van der Waals surface area contributed by atoms with Crippen LogP contribution in [0.25, 0.3) is 0 Å². The van der Waals surface area contributed by atoms with Gasteiger partial charge in [0, 0.05) is 26.0 Å². The van der Waals surface area contributed by atoms with Gasteiger partial charge >= 0.3 is 0 Å². The Balaban J connectivity index is 2.85. The number of carbonyl (C=O) groups is 1. The normalized spacial score (nSPS) is 12.5. The molecule has 0 bridgehead atoms. The summed E-state index contributed by atoms with van der Waals surface area (Å²) in [5.74, 6) is 0.182. The van der Waals surface area contributed by atoms with Crippen LogP contribution in [0.2, 0.25) is 0 Å². The van der Waals surface area contributed by atoms with E-state index in [0.717, 1.165) is 0 Å². The molecule has 2 heteroatoms. The lowest BCUT2D eigenvalue weighted by molar-refractivity contribution is -0.705. The first-order chi connectivity index (χ1) is 5.22. The van der Waals surface area contributed by atoms with Crippen molar-refractivity contribution < 1.29 is 9.36 Å². The van der Waals surface area contributed by atoms with Crippen LogP contribution in [0, 0.1) is 0 Å². The zero-order valence-corrected chi connectivity index (χ0v) is 6.82. The zero-order chi connectivity index (χ0) is 8.27. The summed E-state index contributed by atoms with van der Waals surface area (Å²) >= 11 is 0. The smallest absolute Gasteiger partial charge is 0.212 e. The van der Waals surface area contributed by atoms with Crippen molar-refractivity contribution in [3.63, 3.8) is 0 Å². The lowest BCUT2D eigenvalue weighted by Crippen LogP contribution is -2.40. The highest BCUT2D eigenvalue weighted by molar-refractivity contribution is 5.77. The quantitative estimate of drug-likeness (QED) is 0.579. The summed E-state index contributed by atoms with van der Waals surface area (Å²) in [5, 5.41) is 0. The Labute approximate surface area is 66.5 Å². The molecule has 0 fully saturated rings. The SMILES string of the molecule is CC(=O)C(C)[n+]1ccccc1. The fraction of sp³-hybridized carbons (Fsp3) is 0.333. The number of hydrogen-bond acceptors (Lipinski definition) is 1. The predicted octanol–water partition coefficient (Wildman–Crippen LogP) is 1.12. The molecule has 1 rings (SSSR count). The summed E-state index contributed by atoms with van der Waals surface area (Å²) in [4.78, 5) is 10.9. The van der Waals surface area contributed by atoms with Crippen molar-refractivity contribution in [1.82, 2.24) is 0 Å². The van der Waals surface area contributed by atoms with E-state index < -0.39 is 0 Å². The van der Waals surface area contributed by atoms with Crippen LogP contribution < -0.4 is 4.57 Å². The van der Waals surface area contributed by atoms with E-state index in [2.05, 4.69) is 0 Å². The Morgan fingerprint density at radius 1 is 1.27 bits per heavy atom. The minimum atomic E-state index is -0.0452. The van der Waals surface area contributed by atoms with Gasteiger partial charge in [-0.25, -0.2) is 0 Å². The maximum absolute atomic E-state index is 10.9. The predicted molar refractivity (Wildman–Crippen MR) is 42.0 cm³/mol. The zero-order valence-electron chi connectivity index (χ0n) is 6.82. The van der Waals surface area contributed by atoms with Crippen molar-refractivity contribution in [2.75, 3.05) is 0 Å². The van der Waals surface area contributed by atoms with Gasteiger partial charge in [-0.2, -0.15) is 4.57 Å². The maximum atomic E-state index is 10.9. The first-order valence-corrected chi connectivity index (χ1v) is 3.68. The van der Waals surface area contributed by atoms with Gasteiger partial charge in [-0.15, -0.1) is 0 Å². The monoisotopic (exact) mass is 150 g/mol. The van der Waals surface area contributed by atoms with Gasteiger partial charge in [-0.3, -0.25) is 4.79 Å². The van der Waals surface area contributed by atoms with Crippen molar-refractivity contribution in [2.45, 2.75) is 19.9 Å². The van der Waals surface area contributed by atoms with Crippen molar-refractivity contribution in [2.24, 2.45) is 0 Å². The fourth-order valence-electron chi connectivity index (χ4n) is 0.880. The molecule has 2 nitrogen and oxygen atoms in total. The Morgan fingerprint density at radius 3 is 2.27 bits per heavy atom. The molecule has 1 unspecified atom stereocenters. The molecule has 1 aromatic heterocycles. The van der Waals surface area contributed by atoms with Gasteiger partial charge in [-0.05, 0) is 0 Å². The summed E-state index contributed by atoms with van der Waals surface area (Å²) in [6, 6.07) is 5.72. The number of nitrogens with zero attached hydrogens (tertiary/aromatic N) is 1. The molecule has 0 spiro atoms. The number of ketones is 1. The minimum Gasteiger partial charge on any atom is -0.293 e. The molecule has 0 radical (unpaired) electrons. The highest BCUT2D eigenvalue weighted by atomic mass is 16.1. The van der Waals surface area contributed by atoms with Crippen LogP contribution in [-0.2, 0) is 4.79 Å². The molecule has 1 heterocycles. The lowest BCUT2D eigenvalue weighted by Gasteiger charge is -2.00. The Hall–Kier alpha value is -1.18. The Morgan fingerprint density at radius 2 is 1.82 bits per heavy atom. The topological polar surface area (TPSA) is 20.9 Å². The van der Waals surface area contributed by atoms with Gasteiger partial charge in [0.1, 0.15) is 0 Å². The second-order valence-corrected chi connectivity index (χ2v) is 2.61. The number of carbonyl (C=O) groups excluding carboxylic acids is 1. The molecule has 0 aliphatic rings. The fourth-order valence-corrected chi connectivity index (χ4v) is 0.880. The molecule has 0 N–H and O–H groups in total. The second-order valence-electron chi connectivity index (χ2n) is 2.61. The van der Waals surface area contributed by atoms with Crippen LogP contribution in [-0.4, -0.2) is 5.78 Å². The highest BCUT2D eigenvalue weighted by Crippen LogP contribution is 1.94. The van der Waals surface area contributed by atoms with Crippen LogP contribution in [0.15, 0.2) is 30.6 Å². The van der Waals surface area contributed by atoms with E-state index in [1.807, 2.05) is 42.1 Å². The first-order valence-electron chi connectivity index (χ1n) is 3.68. The van der Waals surface area contributed by atoms with E-state index >= 15 is 0 Å². The number of rotatable bonds is 2. The van der Waals surface area contributed by atoms with Gasteiger partial charge in [0.25, 0.3) is 0 Å². The molecule has 11 heavy (non-hydrogen) atoms. The van der Waals surface area contributed by atoms with Crippen LogP contribution in [0.4, 0.5) is 0 Å². The van der Waals surface area contributed by atoms with E-state index in [0.29, 0.717) is 0 Å². The van der Waals surface area contributed by atoms with E-state index in [9.17, 15) is 4.79 Å². The number of pyridine rings is 1. The van der Waals surface area contributed by atoms with Crippen LogP contribution in [0.5, 0.6) is 0 Å². The third-order valence-electron chi connectivity index (χ3n) is 1.77. The molecular formula is C9H12NO+. The second kappa shape index (κ2) is 3.28. The Kier molecular flexibility index (Phi) is 2.36. The van der Waals surface area contributed by atoms with Crippen molar-refractivity contribution in [1.29, 1.82) is 0 Å². The van der Waals surface area contributed by atoms with Gasteiger partial charge < -0.3 is 0 Å². The van der Waals surface area contributed by atoms with Crippen molar-refractivity contribution in [3.8, 4) is 0 Å². The number of Topliss-reactive ketones (excluding diaryl/α,β-unsaturated/α-hetero) is 1. The van der Waals surface area contributed by atoms with Crippen LogP contribution in [0.1, 0.15) is 19.9 Å². The molecule has 58 valence electrons. The lowest BCUT2D eigenvalue weighted by atomic mass is 10.2. The van der Waals surface area contributed by atoms with E-state index in [-0.39, 0.29) is 11.8 Å². The largest absolute Gasteiger partial charge is 0.293 e. The van der Waals surface area contributed by atoms with Crippen LogP contribution >= 0.6 is 0 Å². The van der Waals surface area contributed by atoms with E-state index in [4.69, 9.17) is 0 Å². The number of aromatic nitrogens is 1. The van der Waals surface area contributed by atoms with E-state index in [1.54, 1.807) is 6.92 Å². The molecule has 0 amide bonds. The molecule has 0 aliphatic heterocycles. The summed E-state index contributed by atoms with van der Waals surface area (Å²) in [6.45, 7) is 3.49. The molecule has 0 aliphatic carbocycles. The molecule has 0 saturated heterocycles. The van der Waals surface area contributed by atoms with Crippen molar-refractivity contribution in [3.05, 3.63) is 30.6 Å². The van der Waals surface area contributed by atoms with Crippen molar-refractivity contribution >= 4 is 5.78 Å². The molecule has 0 aromatic carbocycles. The summed E-state index contributed by atoms with van der Waals surface area (Å²) in [6.07, 6.45) is 3.79. The average molecular weight is 150 g/mol. The van der Waals surface area contributed by atoms with Gasteiger partial charge in [0.05, 0.1) is 0 Å². The molecule has 0 saturated carbocycles. The highest BCUT2D eigenvalue weighted by Gasteiger charge is 2.15. The minimum absolute atomic E-state index is 0.0452. The van der Waals surface area contributed by atoms with Gasteiger partial charge in [0.15, 0.2) is 18.2 Å². The van der Waals surface area contributed by atoms with Gasteiger partial charge in [0.2, 0.25) is 6.04 Å². The summed E-state index contributed by atoms with van der Waals surface area (Å²) in [5.41, 5.74) is 0. The average Bonchev–Trinajstić information content (AvgIpc) is 2.05. The summed E-state index contributed by atoms with van der Waals surface area (Å²) in [7, 11) is 0. The van der Waals surface area contributed by atoms with Gasteiger partial charge in [-0.1, -0.05) is 6.07 Å².